The van der Waals surface area contributed by atoms with Crippen LogP contribution in [0.15, 0.2) is 52.2 Å². The largest absolute Gasteiger partial charge is 0.364 e. The van der Waals surface area contributed by atoms with Gasteiger partial charge in [-0.3, -0.25) is 4.99 Å². The van der Waals surface area contributed by atoms with Gasteiger partial charge in [-0.2, -0.15) is 0 Å². The third kappa shape index (κ3) is 4.96. The van der Waals surface area contributed by atoms with Gasteiger partial charge in [-0.25, -0.2) is 0 Å². The van der Waals surface area contributed by atoms with Crippen LogP contribution in [-0.4, -0.2) is 36.2 Å². The van der Waals surface area contributed by atoms with Crippen molar-refractivity contribution in [3.8, 4) is 0 Å². The Bertz CT molecular complexity index is 645. The highest BCUT2D eigenvalue weighted by molar-refractivity contribution is 14.0. The smallest absolute Gasteiger partial charge is 0.193 e. The standard InChI is InChI=1S/C19H26N4O.HI/c1-3-15-14-23(11-9-18(15)16-7-5-4-6-8-16)19(20-2)21-13-17-10-12-24-22-17;/h4-8,10,12,15,18H,3,9,11,13-14H2,1-2H3,(H,20,21);1H. The zero-order chi connectivity index (χ0) is 16.8. The molecule has 1 aliphatic rings. The van der Waals surface area contributed by atoms with Gasteiger partial charge >= 0.3 is 0 Å². The van der Waals surface area contributed by atoms with Crippen LogP contribution in [0.3, 0.4) is 0 Å². The van der Waals surface area contributed by atoms with Crippen LogP contribution in [0.5, 0.6) is 0 Å². The number of nitrogens with one attached hydrogen (secondary N) is 1. The lowest BCUT2D eigenvalue weighted by Gasteiger charge is -2.40. The van der Waals surface area contributed by atoms with E-state index >= 15 is 0 Å². The number of rotatable bonds is 4. The Kier molecular flexibility index (Phi) is 7.74. The molecule has 2 heterocycles. The fourth-order valence-electron chi connectivity index (χ4n) is 3.61. The van der Waals surface area contributed by atoms with Gasteiger partial charge in [0.15, 0.2) is 5.96 Å². The van der Waals surface area contributed by atoms with Crippen LogP contribution in [0.4, 0.5) is 0 Å². The average molecular weight is 454 g/mol. The first-order chi connectivity index (χ1) is 11.8. The first-order valence-corrected chi connectivity index (χ1v) is 8.71. The molecule has 0 aliphatic carbocycles. The minimum atomic E-state index is 0. The summed E-state index contributed by atoms with van der Waals surface area (Å²) in [5.74, 6) is 2.23. The molecule has 1 aromatic carbocycles. The van der Waals surface area contributed by atoms with Crippen LogP contribution in [-0.2, 0) is 6.54 Å². The Balaban J connectivity index is 0.00000225. The zero-order valence-corrected chi connectivity index (χ0v) is 17.2. The molecule has 1 saturated heterocycles. The second kappa shape index (κ2) is 9.79. The molecule has 0 spiro atoms. The maximum atomic E-state index is 4.88. The van der Waals surface area contributed by atoms with Crippen molar-refractivity contribution >= 4 is 29.9 Å². The summed E-state index contributed by atoms with van der Waals surface area (Å²) in [6.45, 7) is 4.98. The summed E-state index contributed by atoms with van der Waals surface area (Å²) in [6, 6.07) is 12.8. The average Bonchev–Trinajstić information content (AvgIpc) is 3.16. The second-order valence-electron chi connectivity index (χ2n) is 6.31. The van der Waals surface area contributed by atoms with Gasteiger partial charge in [0.25, 0.3) is 0 Å². The number of guanidine groups is 1. The molecular formula is C19H27IN4O. The summed E-state index contributed by atoms with van der Waals surface area (Å²) >= 11 is 0. The summed E-state index contributed by atoms with van der Waals surface area (Å²) in [6.07, 6.45) is 3.93. The van der Waals surface area contributed by atoms with Crippen molar-refractivity contribution in [1.82, 2.24) is 15.4 Å². The van der Waals surface area contributed by atoms with E-state index < -0.39 is 0 Å². The molecular weight excluding hydrogens is 427 g/mol. The molecule has 1 N–H and O–H groups in total. The fraction of sp³-hybridized carbons (Fsp3) is 0.474. The van der Waals surface area contributed by atoms with Gasteiger partial charge in [-0.1, -0.05) is 48.8 Å². The second-order valence-corrected chi connectivity index (χ2v) is 6.31. The molecule has 2 aromatic rings. The van der Waals surface area contributed by atoms with Crippen molar-refractivity contribution in [2.24, 2.45) is 10.9 Å². The Morgan fingerprint density at radius 2 is 2.12 bits per heavy atom. The van der Waals surface area contributed by atoms with E-state index in [9.17, 15) is 0 Å². The lowest BCUT2D eigenvalue weighted by molar-refractivity contribution is 0.215. The minimum absolute atomic E-state index is 0. The predicted molar refractivity (Wildman–Crippen MR) is 111 cm³/mol. The Morgan fingerprint density at radius 3 is 2.76 bits per heavy atom. The number of halogens is 1. The van der Waals surface area contributed by atoms with E-state index in [-0.39, 0.29) is 24.0 Å². The van der Waals surface area contributed by atoms with Crippen LogP contribution in [0.25, 0.3) is 0 Å². The SMILES string of the molecule is CCC1CN(C(=NC)NCc2ccon2)CCC1c1ccccc1.I. The van der Waals surface area contributed by atoms with Crippen LogP contribution >= 0.6 is 24.0 Å². The number of hydrogen-bond acceptors (Lipinski definition) is 3. The van der Waals surface area contributed by atoms with Crippen molar-refractivity contribution in [3.05, 3.63) is 53.9 Å². The van der Waals surface area contributed by atoms with E-state index in [4.69, 9.17) is 4.52 Å². The molecule has 1 fully saturated rings. The van der Waals surface area contributed by atoms with Crippen LogP contribution in [0.2, 0.25) is 0 Å². The first-order valence-electron chi connectivity index (χ1n) is 8.71. The number of hydrogen-bond donors (Lipinski definition) is 1. The molecule has 0 radical (unpaired) electrons. The van der Waals surface area contributed by atoms with Gasteiger partial charge in [0.05, 0.1) is 6.54 Å². The molecule has 2 unspecified atom stereocenters. The molecule has 1 aliphatic heterocycles. The third-order valence-corrected chi connectivity index (χ3v) is 4.92. The van der Waals surface area contributed by atoms with Gasteiger partial charge < -0.3 is 14.7 Å². The van der Waals surface area contributed by atoms with Crippen molar-refractivity contribution in [2.75, 3.05) is 20.1 Å². The maximum Gasteiger partial charge on any atom is 0.193 e. The maximum absolute atomic E-state index is 4.88. The summed E-state index contributed by atoms with van der Waals surface area (Å²) in [4.78, 5) is 6.82. The number of aliphatic imine (C=N–C) groups is 1. The molecule has 5 nitrogen and oxygen atoms in total. The molecule has 0 saturated carbocycles. The summed E-state index contributed by atoms with van der Waals surface area (Å²) < 4.78 is 4.88. The Hall–Kier alpha value is -1.57. The quantitative estimate of drug-likeness (QED) is 0.433. The van der Waals surface area contributed by atoms with E-state index in [0.717, 1.165) is 31.2 Å². The van der Waals surface area contributed by atoms with E-state index in [0.29, 0.717) is 18.4 Å². The minimum Gasteiger partial charge on any atom is -0.364 e. The molecule has 3 rings (SSSR count). The van der Waals surface area contributed by atoms with Gasteiger partial charge in [0.1, 0.15) is 12.0 Å². The highest BCUT2D eigenvalue weighted by atomic mass is 127. The first kappa shape index (κ1) is 19.8. The lowest BCUT2D eigenvalue weighted by Crippen LogP contribution is -2.48. The van der Waals surface area contributed by atoms with E-state index in [1.165, 1.54) is 12.0 Å². The number of aromatic nitrogens is 1. The third-order valence-electron chi connectivity index (χ3n) is 4.92. The van der Waals surface area contributed by atoms with E-state index in [1.807, 2.05) is 13.1 Å². The lowest BCUT2D eigenvalue weighted by atomic mass is 9.79. The van der Waals surface area contributed by atoms with Gasteiger partial charge in [0.2, 0.25) is 0 Å². The van der Waals surface area contributed by atoms with Crippen LogP contribution < -0.4 is 5.32 Å². The number of nitrogens with zero attached hydrogens (tertiary/aromatic N) is 3. The molecule has 25 heavy (non-hydrogen) atoms. The molecule has 0 bridgehead atoms. The van der Waals surface area contributed by atoms with E-state index in [2.05, 4.69) is 57.6 Å². The van der Waals surface area contributed by atoms with Crippen molar-refractivity contribution in [3.63, 3.8) is 0 Å². The summed E-state index contributed by atoms with van der Waals surface area (Å²) in [7, 11) is 1.84. The predicted octanol–water partition coefficient (Wildman–Crippen LogP) is 3.88. The van der Waals surface area contributed by atoms with Crippen molar-refractivity contribution in [2.45, 2.75) is 32.2 Å². The number of likely N-dealkylation sites (tertiary alicyclic amines) is 1. The Morgan fingerprint density at radius 1 is 1.32 bits per heavy atom. The highest BCUT2D eigenvalue weighted by Crippen LogP contribution is 2.34. The molecule has 1 aromatic heterocycles. The topological polar surface area (TPSA) is 53.7 Å². The molecule has 0 amide bonds. The highest BCUT2D eigenvalue weighted by Gasteiger charge is 2.30. The zero-order valence-electron chi connectivity index (χ0n) is 14.9. The number of piperidine rings is 1. The molecule has 6 heteroatoms. The normalized spacial score (nSPS) is 20.9. The number of benzene rings is 1. The monoisotopic (exact) mass is 454 g/mol. The van der Waals surface area contributed by atoms with Gasteiger partial charge in [0, 0.05) is 26.2 Å². The summed E-state index contributed by atoms with van der Waals surface area (Å²) in [5, 5.41) is 7.33. The molecule has 136 valence electrons. The van der Waals surface area contributed by atoms with Gasteiger partial charge in [-0.15, -0.1) is 24.0 Å². The van der Waals surface area contributed by atoms with Crippen LogP contribution in [0, 0.1) is 5.92 Å². The Labute approximate surface area is 166 Å². The van der Waals surface area contributed by atoms with Gasteiger partial charge in [-0.05, 0) is 23.8 Å². The van der Waals surface area contributed by atoms with Crippen LogP contribution in [0.1, 0.15) is 36.9 Å². The fourth-order valence-corrected chi connectivity index (χ4v) is 3.61. The summed E-state index contributed by atoms with van der Waals surface area (Å²) in [5.41, 5.74) is 2.36. The van der Waals surface area contributed by atoms with Crippen molar-refractivity contribution in [1.29, 1.82) is 0 Å². The molecule has 2 atom stereocenters. The van der Waals surface area contributed by atoms with E-state index in [1.54, 1.807) is 6.26 Å². The van der Waals surface area contributed by atoms with Crippen molar-refractivity contribution < 1.29 is 4.52 Å².